The number of rotatable bonds is 2. The summed E-state index contributed by atoms with van der Waals surface area (Å²) in [4.78, 5) is 27.3. The Labute approximate surface area is 150 Å². The molecule has 5 nitrogen and oxygen atoms in total. The van der Waals surface area contributed by atoms with Crippen LogP contribution in [-0.2, 0) is 4.74 Å². The molecule has 0 unspecified atom stereocenters. The molecule has 5 heteroatoms. The molecule has 2 aromatic carbocycles. The predicted octanol–water partition coefficient (Wildman–Crippen LogP) is 3.40. The van der Waals surface area contributed by atoms with Crippen LogP contribution in [0.4, 0.5) is 0 Å². The third-order valence-electron chi connectivity index (χ3n) is 4.69. The standard InChI is InChI=1S/C21H19NO4/c1-14-12-22(18(13-25-14)15-7-3-2-4-8-15)20(23)17-11-16-9-5-6-10-19(16)26-21(17)24/h2-11,14,18H,12-13H2,1H3/t14-,18-/m1/s1. The Morgan fingerprint density at radius 2 is 1.81 bits per heavy atom. The molecule has 0 radical (unpaired) electrons. The zero-order chi connectivity index (χ0) is 18.1. The summed E-state index contributed by atoms with van der Waals surface area (Å²) in [6.45, 7) is 2.74. The highest BCUT2D eigenvalue weighted by Gasteiger charge is 2.33. The van der Waals surface area contributed by atoms with Crippen molar-refractivity contribution in [3.8, 4) is 0 Å². The molecule has 0 N–H and O–H groups in total. The Balaban J connectivity index is 1.75. The van der Waals surface area contributed by atoms with Crippen molar-refractivity contribution in [1.29, 1.82) is 0 Å². The van der Waals surface area contributed by atoms with Crippen molar-refractivity contribution in [2.45, 2.75) is 19.1 Å². The van der Waals surface area contributed by atoms with Crippen LogP contribution in [0.5, 0.6) is 0 Å². The Kier molecular flexibility index (Phi) is 4.31. The van der Waals surface area contributed by atoms with Crippen LogP contribution in [-0.4, -0.2) is 30.1 Å². The van der Waals surface area contributed by atoms with E-state index in [1.807, 2.05) is 49.4 Å². The van der Waals surface area contributed by atoms with Crippen molar-refractivity contribution in [2.24, 2.45) is 0 Å². The number of carbonyl (C=O) groups excluding carboxylic acids is 1. The molecule has 3 aromatic rings. The van der Waals surface area contributed by atoms with E-state index in [0.717, 1.165) is 10.9 Å². The van der Waals surface area contributed by atoms with E-state index in [4.69, 9.17) is 9.15 Å². The van der Waals surface area contributed by atoms with Crippen LogP contribution < -0.4 is 5.63 Å². The number of fused-ring (bicyclic) bond motifs is 1. The zero-order valence-corrected chi connectivity index (χ0v) is 14.4. The highest BCUT2D eigenvalue weighted by atomic mass is 16.5. The minimum absolute atomic E-state index is 0.0544. The first kappa shape index (κ1) is 16.5. The van der Waals surface area contributed by atoms with Gasteiger partial charge in [-0.25, -0.2) is 4.79 Å². The molecule has 0 spiro atoms. The number of para-hydroxylation sites is 1. The molecule has 1 aromatic heterocycles. The Bertz CT molecular complexity index is 996. The van der Waals surface area contributed by atoms with Crippen LogP contribution in [0.2, 0.25) is 0 Å². The molecular weight excluding hydrogens is 330 g/mol. The van der Waals surface area contributed by atoms with Crippen LogP contribution in [0.15, 0.2) is 69.9 Å². The van der Waals surface area contributed by atoms with Crippen molar-refractivity contribution in [1.82, 2.24) is 4.90 Å². The number of amides is 1. The van der Waals surface area contributed by atoms with Gasteiger partial charge in [-0.05, 0) is 24.6 Å². The summed E-state index contributed by atoms with van der Waals surface area (Å²) in [6.07, 6.45) is -0.0913. The number of hydrogen-bond donors (Lipinski definition) is 0. The fourth-order valence-corrected chi connectivity index (χ4v) is 3.34. The Morgan fingerprint density at radius 1 is 1.08 bits per heavy atom. The van der Waals surface area contributed by atoms with Crippen molar-refractivity contribution in [3.05, 3.63) is 82.2 Å². The predicted molar refractivity (Wildman–Crippen MR) is 98.1 cm³/mol. The molecule has 0 aliphatic carbocycles. The number of hydrogen-bond acceptors (Lipinski definition) is 4. The first-order chi connectivity index (χ1) is 12.6. The first-order valence-electron chi connectivity index (χ1n) is 8.64. The van der Waals surface area contributed by atoms with Crippen LogP contribution in [0, 0.1) is 0 Å². The third-order valence-corrected chi connectivity index (χ3v) is 4.69. The molecule has 0 bridgehead atoms. The monoisotopic (exact) mass is 349 g/mol. The van der Waals surface area contributed by atoms with Gasteiger partial charge in [-0.3, -0.25) is 4.79 Å². The van der Waals surface area contributed by atoms with Gasteiger partial charge < -0.3 is 14.1 Å². The van der Waals surface area contributed by atoms with E-state index in [2.05, 4.69) is 0 Å². The van der Waals surface area contributed by atoms with E-state index in [1.54, 1.807) is 23.1 Å². The summed E-state index contributed by atoms with van der Waals surface area (Å²) in [7, 11) is 0. The summed E-state index contributed by atoms with van der Waals surface area (Å²) >= 11 is 0. The van der Waals surface area contributed by atoms with Crippen molar-refractivity contribution in [3.63, 3.8) is 0 Å². The minimum atomic E-state index is -0.611. The summed E-state index contributed by atoms with van der Waals surface area (Å²) in [5, 5.41) is 0.730. The lowest BCUT2D eigenvalue weighted by atomic mass is 10.0. The zero-order valence-electron chi connectivity index (χ0n) is 14.4. The molecule has 1 aliphatic heterocycles. The third kappa shape index (κ3) is 3.02. The van der Waals surface area contributed by atoms with Gasteiger partial charge in [0.15, 0.2) is 0 Å². The van der Waals surface area contributed by atoms with Gasteiger partial charge in [0.1, 0.15) is 11.1 Å². The fraction of sp³-hybridized carbons (Fsp3) is 0.238. The lowest BCUT2D eigenvalue weighted by molar-refractivity contribution is -0.0448. The van der Waals surface area contributed by atoms with Gasteiger partial charge in [0.05, 0.1) is 18.8 Å². The fourth-order valence-electron chi connectivity index (χ4n) is 3.34. The number of carbonyl (C=O) groups is 1. The molecule has 2 atom stereocenters. The van der Waals surface area contributed by atoms with Gasteiger partial charge in [0, 0.05) is 11.9 Å². The minimum Gasteiger partial charge on any atom is -0.422 e. The molecule has 1 aliphatic rings. The normalized spacial score (nSPS) is 20.3. The second-order valence-corrected chi connectivity index (χ2v) is 6.51. The largest absolute Gasteiger partial charge is 0.422 e. The Hall–Kier alpha value is -2.92. The van der Waals surface area contributed by atoms with Crippen molar-refractivity contribution < 1.29 is 13.9 Å². The first-order valence-corrected chi connectivity index (χ1v) is 8.64. The van der Waals surface area contributed by atoms with E-state index in [0.29, 0.717) is 18.7 Å². The molecule has 1 saturated heterocycles. The molecule has 4 rings (SSSR count). The highest BCUT2D eigenvalue weighted by molar-refractivity contribution is 5.97. The van der Waals surface area contributed by atoms with Gasteiger partial charge in [-0.2, -0.15) is 0 Å². The van der Waals surface area contributed by atoms with Gasteiger partial charge in [-0.1, -0.05) is 48.5 Å². The van der Waals surface area contributed by atoms with E-state index in [1.165, 1.54) is 0 Å². The number of benzene rings is 2. The van der Waals surface area contributed by atoms with Crippen molar-refractivity contribution in [2.75, 3.05) is 13.2 Å². The van der Waals surface area contributed by atoms with Crippen LogP contribution in [0.1, 0.15) is 28.9 Å². The maximum atomic E-state index is 13.2. The van der Waals surface area contributed by atoms with Crippen molar-refractivity contribution >= 4 is 16.9 Å². The smallest absolute Gasteiger partial charge is 0.349 e. The molecule has 2 heterocycles. The quantitative estimate of drug-likeness (QED) is 0.666. The Morgan fingerprint density at radius 3 is 2.62 bits per heavy atom. The SMILES string of the molecule is C[C@@H]1CN(C(=O)c2cc3ccccc3oc2=O)[C@@H](c2ccccc2)CO1. The molecule has 1 fully saturated rings. The maximum absolute atomic E-state index is 13.2. The number of ether oxygens (including phenoxy) is 1. The maximum Gasteiger partial charge on any atom is 0.349 e. The highest BCUT2D eigenvalue weighted by Crippen LogP contribution is 2.28. The summed E-state index contributed by atoms with van der Waals surface area (Å²) < 4.78 is 11.1. The molecule has 1 amide bonds. The summed E-state index contributed by atoms with van der Waals surface area (Å²) in [6, 6.07) is 18.3. The number of morpholine rings is 1. The van der Waals surface area contributed by atoms with E-state index in [9.17, 15) is 9.59 Å². The molecular formula is C21H19NO4. The molecule has 0 saturated carbocycles. The van der Waals surface area contributed by atoms with Gasteiger partial charge >= 0.3 is 5.63 Å². The summed E-state index contributed by atoms with van der Waals surface area (Å²) in [5.74, 6) is -0.325. The topological polar surface area (TPSA) is 59.8 Å². The van der Waals surface area contributed by atoms with Gasteiger partial charge in [0.2, 0.25) is 0 Å². The average molecular weight is 349 g/mol. The summed E-state index contributed by atoms with van der Waals surface area (Å²) in [5.41, 5.74) is 0.903. The van der Waals surface area contributed by atoms with Gasteiger partial charge in [-0.15, -0.1) is 0 Å². The van der Waals surface area contributed by atoms with E-state index >= 15 is 0 Å². The molecule has 26 heavy (non-hydrogen) atoms. The second kappa shape index (κ2) is 6.77. The average Bonchev–Trinajstić information content (AvgIpc) is 2.67. The van der Waals surface area contributed by atoms with Gasteiger partial charge in [0.25, 0.3) is 5.91 Å². The lowest BCUT2D eigenvalue weighted by Crippen LogP contribution is -2.47. The second-order valence-electron chi connectivity index (χ2n) is 6.51. The van der Waals surface area contributed by atoms with Crippen LogP contribution >= 0.6 is 0 Å². The van der Waals surface area contributed by atoms with Crippen LogP contribution in [0.25, 0.3) is 11.0 Å². The lowest BCUT2D eigenvalue weighted by Gasteiger charge is -2.38. The number of nitrogens with zero attached hydrogens (tertiary/aromatic N) is 1. The molecule has 132 valence electrons. The van der Waals surface area contributed by atoms with Crippen LogP contribution in [0.3, 0.4) is 0 Å². The van der Waals surface area contributed by atoms with E-state index < -0.39 is 5.63 Å². The van der Waals surface area contributed by atoms with E-state index in [-0.39, 0.29) is 23.6 Å².